The van der Waals surface area contributed by atoms with E-state index in [1.807, 2.05) is 0 Å². The normalized spacial score (nSPS) is 28.9. The van der Waals surface area contributed by atoms with Gasteiger partial charge in [0.1, 0.15) is 5.60 Å². The van der Waals surface area contributed by atoms with Crippen LogP contribution in [0.3, 0.4) is 0 Å². The maximum absolute atomic E-state index is 11.5. The van der Waals surface area contributed by atoms with Crippen LogP contribution in [0.2, 0.25) is 0 Å². The molecule has 0 aromatic rings. The third-order valence-corrected chi connectivity index (χ3v) is 3.21. The van der Waals surface area contributed by atoms with Crippen LogP contribution >= 0.6 is 0 Å². The summed E-state index contributed by atoms with van der Waals surface area (Å²) < 4.78 is 10.3. The van der Waals surface area contributed by atoms with E-state index in [1.165, 1.54) is 13.3 Å². The first-order valence-electron chi connectivity index (χ1n) is 5.51. The summed E-state index contributed by atoms with van der Waals surface area (Å²) in [5, 5.41) is 0. The second-order valence-electron chi connectivity index (χ2n) is 4.47. The van der Waals surface area contributed by atoms with E-state index < -0.39 is 12.1 Å². The number of carbonyl (C=O) groups is 2. The molecule has 1 heterocycles. The van der Waals surface area contributed by atoms with Crippen LogP contribution in [-0.2, 0) is 19.1 Å². The van der Waals surface area contributed by atoms with Crippen LogP contribution in [-0.4, -0.2) is 23.6 Å². The van der Waals surface area contributed by atoms with Gasteiger partial charge in [0.25, 0.3) is 0 Å². The molecule has 0 bridgehead atoms. The van der Waals surface area contributed by atoms with Crippen LogP contribution in [0.25, 0.3) is 0 Å². The first-order chi connectivity index (χ1) is 7.11. The van der Waals surface area contributed by atoms with E-state index >= 15 is 0 Å². The van der Waals surface area contributed by atoms with Gasteiger partial charge in [-0.3, -0.25) is 4.79 Å². The Labute approximate surface area is 88.9 Å². The van der Waals surface area contributed by atoms with E-state index in [1.54, 1.807) is 0 Å². The fourth-order valence-corrected chi connectivity index (χ4v) is 2.53. The van der Waals surface area contributed by atoms with Crippen LogP contribution in [0.15, 0.2) is 0 Å². The number of hydrogen-bond acceptors (Lipinski definition) is 4. The molecule has 0 N–H and O–H groups in total. The quantitative estimate of drug-likeness (QED) is 0.619. The molecule has 0 unspecified atom stereocenters. The Balaban J connectivity index is 2.01. The standard InChI is InChI=1S/C11H16O4/c1-8(12)14-9-7-11(15-10(9)13)5-3-2-4-6-11/h9H,2-7H2,1H3/t9-/m0/s1. The monoisotopic (exact) mass is 212 g/mol. The molecule has 1 spiro atoms. The minimum Gasteiger partial charge on any atom is -0.456 e. The number of ether oxygens (including phenoxy) is 2. The van der Waals surface area contributed by atoms with Gasteiger partial charge in [-0.25, -0.2) is 4.79 Å². The summed E-state index contributed by atoms with van der Waals surface area (Å²) in [7, 11) is 0. The number of hydrogen-bond donors (Lipinski definition) is 0. The summed E-state index contributed by atoms with van der Waals surface area (Å²) in [5.41, 5.74) is -0.324. The molecule has 1 saturated carbocycles. The summed E-state index contributed by atoms with van der Waals surface area (Å²) in [6.07, 6.45) is 5.11. The number of esters is 2. The third-order valence-electron chi connectivity index (χ3n) is 3.21. The lowest BCUT2D eigenvalue weighted by Gasteiger charge is -2.31. The second kappa shape index (κ2) is 3.83. The lowest BCUT2D eigenvalue weighted by molar-refractivity contribution is -0.162. The van der Waals surface area contributed by atoms with Gasteiger partial charge >= 0.3 is 11.9 Å². The molecule has 4 nitrogen and oxygen atoms in total. The van der Waals surface area contributed by atoms with Crippen molar-refractivity contribution in [1.29, 1.82) is 0 Å². The van der Waals surface area contributed by atoms with Crippen molar-refractivity contribution in [2.24, 2.45) is 0 Å². The zero-order chi connectivity index (χ0) is 10.9. The number of rotatable bonds is 1. The van der Waals surface area contributed by atoms with Crippen LogP contribution in [0, 0.1) is 0 Å². The molecule has 0 aromatic carbocycles. The molecule has 1 aliphatic heterocycles. The zero-order valence-corrected chi connectivity index (χ0v) is 8.95. The molecule has 4 heteroatoms. The molecule has 2 rings (SSSR count). The van der Waals surface area contributed by atoms with Gasteiger partial charge < -0.3 is 9.47 Å². The van der Waals surface area contributed by atoms with Gasteiger partial charge in [0.15, 0.2) is 0 Å². The maximum Gasteiger partial charge on any atom is 0.348 e. The molecule has 0 aromatic heterocycles. The van der Waals surface area contributed by atoms with E-state index in [2.05, 4.69) is 0 Å². The summed E-state index contributed by atoms with van der Waals surface area (Å²) in [6, 6.07) is 0. The third kappa shape index (κ3) is 2.13. The lowest BCUT2D eigenvalue weighted by Crippen LogP contribution is -2.31. The molecule has 0 amide bonds. The predicted octanol–water partition coefficient (Wildman–Crippen LogP) is 1.57. The molecule has 2 aliphatic rings. The van der Waals surface area contributed by atoms with Crippen LogP contribution in [0.1, 0.15) is 45.4 Å². The first kappa shape index (κ1) is 10.5. The molecular formula is C11H16O4. The van der Waals surface area contributed by atoms with Crippen LogP contribution in [0.4, 0.5) is 0 Å². The largest absolute Gasteiger partial charge is 0.456 e. The summed E-state index contributed by atoms with van der Waals surface area (Å²) in [4.78, 5) is 22.3. The van der Waals surface area contributed by atoms with Crippen molar-refractivity contribution in [3.05, 3.63) is 0 Å². The Morgan fingerprint density at radius 2 is 2.07 bits per heavy atom. The summed E-state index contributed by atoms with van der Waals surface area (Å²) in [5.74, 6) is -0.781. The van der Waals surface area contributed by atoms with Crippen molar-refractivity contribution in [3.63, 3.8) is 0 Å². The first-order valence-corrected chi connectivity index (χ1v) is 5.51. The maximum atomic E-state index is 11.5. The van der Waals surface area contributed by atoms with Gasteiger partial charge in [-0.15, -0.1) is 0 Å². The minimum absolute atomic E-state index is 0.324. The van der Waals surface area contributed by atoms with E-state index in [0.29, 0.717) is 6.42 Å². The highest BCUT2D eigenvalue weighted by Crippen LogP contribution is 2.40. The molecule has 1 atom stereocenters. The Hall–Kier alpha value is -1.06. The van der Waals surface area contributed by atoms with Crippen molar-refractivity contribution in [2.45, 2.75) is 57.2 Å². The SMILES string of the molecule is CC(=O)O[C@H]1CC2(CCCCC2)OC1=O. The highest BCUT2D eigenvalue weighted by Gasteiger charge is 2.48. The molecule has 84 valence electrons. The van der Waals surface area contributed by atoms with Gasteiger partial charge in [0, 0.05) is 13.3 Å². The van der Waals surface area contributed by atoms with Crippen LogP contribution in [0.5, 0.6) is 0 Å². The Morgan fingerprint density at radius 1 is 1.40 bits per heavy atom. The topological polar surface area (TPSA) is 52.6 Å². The minimum atomic E-state index is -0.666. The zero-order valence-electron chi connectivity index (χ0n) is 8.95. The molecule has 2 fully saturated rings. The number of carbonyl (C=O) groups excluding carboxylic acids is 2. The Morgan fingerprint density at radius 3 is 2.67 bits per heavy atom. The van der Waals surface area contributed by atoms with Gasteiger partial charge in [-0.2, -0.15) is 0 Å². The average Bonchev–Trinajstić information content (AvgIpc) is 2.43. The van der Waals surface area contributed by atoms with Crippen LogP contribution < -0.4 is 0 Å². The average molecular weight is 212 g/mol. The molecule has 1 saturated heterocycles. The van der Waals surface area contributed by atoms with Gasteiger partial charge in [-0.1, -0.05) is 6.42 Å². The van der Waals surface area contributed by atoms with Crippen molar-refractivity contribution in [3.8, 4) is 0 Å². The molecular weight excluding hydrogens is 196 g/mol. The second-order valence-corrected chi connectivity index (χ2v) is 4.47. The molecule has 1 aliphatic carbocycles. The van der Waals surface area contributed by atoms with E-state index in [4.69, 9.17) is 9.47 Å². The van der Waals surface area contributed by atoms with Gasteiger partial charge in [0.2, 0.25) is 6.10 Å². The van der Waals surface area contributed by atoms with Gasteiger partial charge in [0.05, 0.1) is 0 Å². The van der Waals surface area contributed by atoms with E-state index in [-0.39, 0.29) is 11.6 Å². The highest BCUT2D eigenvalue weighted by atomic mass is 16.6. The van der Waals surface area contributed by atoms with E-state index in [0.717, 1.165) is 25.7 Å². The Kier molecular flexibility index (Phi) is 2.67. The molecule has 15 heavy (non-hydrogen) atoms. The van der Waals surface area contributed by atoms with Crippen molar-refractivity contribution >= 4 is 11.9 Å². The van der Waals surface area contributed by atoms with E-state index in [9.17, 15) is 9.59 Å². The predicted molar refractivity (Wildman–Crippen MR) is 52.1 cm³/mol. The van der Waals surface area contributed by atoms with Crippen molar-refractivity contribution < 1.29 is 19.1 Å². The molecule has 0 radical (unpaired) electrons. The van der Waals surface area contributed by atoms with Crippen molar-refractivity contribution in [2.75, 3.05) is 0 Å². The fourth-order valence-electron chi connectivity index (χ4n) is 2.53. The smallest absolute Gasteiger partial charge is 0.348 e. The Bertz CT molecular complexity index is 278. The van der Waals surface area contributed by atoms with Crippen molar-refractivity contribution in [1.82, 2.24) is 0 Å². The lowest BCUT2D eigenvalue weighted by atomic mass is 9.82. The van der Waals surface area contributed by atoms with Gasteiger partial charge in [-0.05, 0) is 25.7 Å². The fraction of sp³-hybridized carbons (Fsp3) is 0.818. The summed E-state index contributed by atoms with van der Waals surface area (Å²) >= 11 is 0. The highest BCUT2D eigenvalue weighted by molar-refractivity contribution is 5.80. The summed E-state index contributed by atoms with van der Waals surface area (Å²) in [6.45, 7) is 1.32.